The molecule has 1 aromatic carbocycles. The molecule has 0 aliphatic heterocycles. The maximum atomic E-state index is 9.81. The van der Waals surface area contributed by atoms with E-state index in [0.717, 1.165) is 5.56 Å². The molecular weight excluding hydrogens is 228 g/mol. The second-order valence-electron chi connectivity index (χ2n) is 3.83. The fourth-order valence-corrected chi connectivity index (χ4v) is 1.62. The fourth-order valence-electron chi connectivity index (χ4n) is 1.49. The Hall–Kier alpha value is -0.610. The van der Waals surface area contributed by atoms with Gasteiger partial charge in [-0.25, -0.2) is 0 Å². The largest absolute Gasteiger partial charge is 0.394 e. The Balaban J connectivity index is 2.35. The second-order valence-corrected chi connectivity index (χ2v) is 4.27. The van der Waals surface area contributed by atoms with Crippen LogP contribution >= 0.6 is 11.6 Å². The third-order valence-electron chi connectivity index (χ3n) is 2.48. The molecule has 0 saturated carbocycles. The minimum atomic E-state index is -0.683. The summed E-state index contributed by atoms with van der Waals surface area (Å²) in [6.07, 6.45) is 0.520. The van der Waals surface area contributed by atoms with Gasteiger partial charge >= 0.3 is 0 Å². The highest BCUT2D eigenvalue weighted by molar-refractivity contribution is 6.30. The molecule has 0 radical (unpaired) electrons. The summed E-state index contributed by atoms with van der Waals surface area (Å²) in [5.41, 5.74) is 0.822. The monoisotopic (exact) mass is 244 g/mol. The molecule has 0 aliphatic carbocycles. The number of rotatable bonds is 6. The molecule has 0 aliphatic rings. The van der Waals surface area contributed by atoms with Crippen LogP contribution in [0.3, 0.4) is 0 Å². The van der Waals surface area contributed by atoms with Crippen LogP contribution in [0.25, 0.3) is 0 Å². The highest BCUT2D eigenvalue weighted by Crippen LogP contribution is 2.21. The Morgan fingerprint density at radius 3 is 2.25 bits per heavy atom. The number of hydrogen-bond donors (Lipinski definition) is 3. The van der Waals surface area contributed by atoms with Crippen molar-refractivity contribution in [3.05, 3.63) is 34.9 Å². The molecule has 90 valence electrons. The summed E-state index contributed by atoms with van der Waals surface area (Å²) in [5.74, 6) is 0. The lowest BCUT2D eigenvalue weighted by molar-refractivity contribution is 0.0801. The van der Waals surface area contributed by atoms with Crippen molar-refractivity contribution in [2.45, 2.75) is 31.5 Å². The molecule has 0 aromatic heterocycles. The molecule has 3 nitrogen and oxygen atoms in total. The zero-order chi connectivity index (χ0) is 12.0. The van der Waals surface area contributed by atoms with E-state index in [-0.39, 0.29) is 6.61 Å². The molecule has 0 unspecified atom stereocenters. The summed E-state index contributed by atoms with van der Waals surface area (Å²) in [4.78, 5) is 0. The molecule has 4 heteroatoms. The van der Waals surface area contributed by atoms with Gasteiger partial charge in [0.2, 0.25) is 0 Å². The van der Waals surface area contributed by atoms with Crippen LogP contribution < -0.4 is 0 Å². The average molecular weight is 245 g/mol. The first-order valence-corrected chi connectivity index (χ1v) is 5.73. The SMILES string of the molecule is OC[C@@H](O)CCC[C@@H](O)c1ccc(Cl)cc1. The van der Waals surface area contributed by atoms with Gasteiger partial charge in [0.1, 0.15) is 0 Å². The fraction of sp³-hybridized carbons (Fsp3) is 0.500. The predicted molar refractivity (Wildman–Crippen MR) is 63.4 cm³/mol. The molecule has 16 heavy (non-hydrogen) atoms. The van der Waals surface area contributed by atoms with E-state index in [1.165, 1.54) is 0 Å². The van der Waals surface area contributed by atoms with Crippen molar-refractivity contribution >= 4 is 11.6 Å². The van der Waals surface area contributed by atoms with Crippen molar-refractivity contribution in [1.29, 1.82) is 0 Å². The predicted octanol–water partition coefficient (Wildman–Crippen LogP) is 1.90. The summed E-state index contributed by atoms with van der Waals surface area (Å²) in [7, 11) is 0. The Labute approximate surface area is 100 Å². The van der Waals surface area contributed by atoms with Crippen LogP contribution in [0.15, 0.2) is 24.3 Å². The first-order chi connectivity index (χ1) is 7.63. The van der Waals surface area contributed by atoms with E-state index < -0.39 is 12.2 Å². The van der Waals surface area contributed by atoms with Gasteiger partial charge in [0.25, 0.3) is 0 Å². The van der Waals surface area contributed by atoms with Crippen LogP contribution in [-0.2, 0) is 0 Å². The van der Waals surface area contributed by atoms with Crippen LogP contribution in [-0.4, -0.2) is 28.0 Å². The molecule has 1 aromatic rings. The van der Waals surface area contributed by atoms with Gasteiger partial charge in [0, 0.05) is 5.02 Å². The third-order valence-corrected chi connectivity index (χ3v) is 2.73. The molecule has 0 saturated heterocycles. The molecule has 1 rings (SSSR count). The summed E-state index contributed by atoms with van der Waals surface area (Å²) in [6, 6.07) is 7.05. The number of halogens is 1. The Morgan fingerprint density at radius 2 is 1.69 bits per heavy atom. The van der Waals surface area contributed by atoms with Crippen LogP contribution in [0.5, 0.6) is 0 Å². The zero-order valence-corrected chi connectivity index (χ0v) is 9.77. The molecule has 0 fully saturated rings. The van der Waals surface area contributed by atoms with Crippen molar-refractivity contribution < 1.29 is 15.3 Å². The standard InChI is InChI=1S/C12H17ClO3/c13-10-6-4-9(5-7-10)12(16)3-1-2-11(15)8-14/h4-7,11-12,14-16H,1-3,8H2/t11-,12+/m0/s1. The number of aliphatic hydroxyl groups excluding tert-OH is 3. The summed E-state index contributed by atoms with van der Waals surface area (Å²) >= 11 is 5.74. The van der Waals surface area contributed by atoms with Crippen molar-refractivity contribution in [3.63, 3.8) is 0 Å². The quantitative estimate of drug-likeness (QED) is 0.716. The molecule has 0 amide bonds. The summed E-state index contributed by atoms with van der Waals surface area (Å²) in [5, 5.41) is 28.2. The van der Waals surface area contributed by atoms with Gasteiger partial charge in [-0.05, 0) is 37.0 Å². The first kappa shape index (κ1) is 13.5. The summed E-state index contributed by atoms with van der Waals surface area (Å²) < 4.78 is 0. The van der Waals surface area contributed by atoms with Gasteiger partial charge in [0.15, 0.2) is 0 Å². The van der Waals surface area contributed by atoms with E-state index >= 15 is 0 Å². The molecule has 0 bridgehead atoms. The van der Waals surface area contributed by atoms with Crippen molar-refractivity contribution in [2.75, 3.05) is 6.61 Å². The van der Waals surface area contributed by atoms with Crippen molar-refractivity contribution in [1.82, 2.24) is 0 Å². The van der Waals surface area contributed by atoms with E-state index in [2.05, 4.69) is 0 Å². The number of benzene rings is 1. The lowest BCUT2D eigenvalue weighted by atomic mass is 10.0. The number of aliphatic hydroxyl groups is 3. The van der Waals surface area contributed by atoms with E-state index in [9.17, 15) is 5.11 Å². The normalized spacial score (nSPS) is 14.8. The molecule has 0 heterocycles. The van der Waals surface area contributed by atoms with Gasteiger partial charge in [0.05, 0.1) is 18.8 Å². The third kappa shape index (κ3) is 4.49. The Kier molecular flexibility index (Phi) is 5.77. The van der Waals surface area contributed by atoms with Crippen molar-refractivity contribution in [3.8, 4) is 0 Å². The average Bonchev–Trinajstić information content (AvgIpc) is 2.29. The van der Waals surface area contributed by atoms with E-state index in [4.69, 9.17) is 21.8 Å². The highest BCUT2D eigenvalue weighted by atomic mass is 35.5. The highest BCUT2D eigenvalue weighted by Gasteiger charge is 2.08. The molecule has 2 atom stereocenters. The lowest BCUT2D eigenvalue weighted by Crippen LogP contribution is -2.11. The zero-order valence-electron chi connectivity index (χ0n) is 9.01. The topological polar surface area (TPSA) is 60.7 Å². The maximum Gasteiger partial charge on any atom is 0.0790 e. The van der Waals surface area contributed by atoms with Gasteiger partial charge in [-0.1, -0.05) is 23.7 Å². The minimum absolute atomic E-state index is 0.225. The smallest absolute Gasteiger partial charge is 0.0790 e. The van der Waals surface area contributed by atoms with Gasteiger partial charge in [-0.3, -0.25) is 0 Å². The Bertz CT molecular complexity index is 300. The second kappa shape index (κ2) is 6.86. The molecule has 0 spiro atoms. The van der Waals surface area contributed by atoms with E-state index in [1.54, 1.807) is 24.3 Å². The van der Waals surface area contributed by atoms with Crippen LogP contribution in [0.4, 0.5) is 0 Å². The molecule has 3 N–H and O–H groups in total. The Morgan fingerprint density at radius 1 is 1.06 bits per heavy atom. The van der Waals surface area contributed by atoms with Gasteiger partial charge < -0.3 is 15.3 Å². The molecular formula is C12H17ClO3. The van der Waals surface area contributed by atoms with E-state index in [0.29, 0.717) is 24.3 Å². The minimum Gasteiger partial charge on any atom is -0.394 e. The van der Waals surface area contributed by atoms with Gasteiger partial charge in [-0.2, -0.15) is 0 Å². The van der Waals surface area contributed by atoms with E-state index in [1.807, 2.05) is 0 Å². The van der Waals surface area contributed by atoms with Crippen molar-refractivity contribution in [2.24, 2.45) is 0 Å². The van der Waals surface area contributed by atoms with Gasteiger partial charge in [-0.15, -0.1) is 0 Å². The first-order valence-electron chi connectivity index (χ1n) is 5.36. The summed E-state index contributed by atoms with van der Waals surface area (Å²) in [6.45, 7) is -0.225. The lowest BCUT2D eigenvalue weighted by Gasteiger charge is -2.12. The van der Waals surface area contributed by atoms with Crippen LogP contribution in [0, 0.1) is 0 Å². The van der Waals surface area contributed by atoms with Crippen LogP contribution in [0.2, 0.25) is 5.02 Å². The number of hydrogen-bond acceptors (Lipinski definition) is 3. The maximum absolute atomic E-state index is 9.81. The van der Waals surface area contributed by atoms with Crippen LogP contribution in [0.1, 0.15) is 30.9 Å².